The Labute approximate surface area is 106 Å². The summed E-state index contributed by atoms with van der Waals surface area (Å²) in [6, 6.07) is 16.2. The molecule has 2 N–H and O–H groups in total. The van der Waals surface area contributed by atoms with E-state index in [4.69, 9.17) is 4.74 Å². The molecule has 94 valence electrons. The fraction of sp³-hybridized carbons (Fsp3) is 0.200. The summed E-state index contributed by atoms with van der Waals surface area (Å²) in [6.45, 7) is 1.66. The SMILES string of the molecule is CC(O)C(Oc1ccccc1O)c1ccccc1. The largest absolute Gasteiger partial charge is 0.504 e. The van der Waals surface area contributed by atoms with Crippen LogP contribution in [0.3, 0.4) is 0 Å². The number of aromatic hydroxyl groups is 1. The molecule has 3 heteroatoms. The van der Waals surface area contributed by atoms with Gasteiger partial charge in [0.2, 0.25) is 0 Å². The predicted octanol–water partition coefficient (Wildman–Crippen LogP) is 2.89. The van der Waals surface area contributed by atoms with Crippen molar-refractivity contribution >= 4 is 0 Å². The van der Waals surface area contributed by atoms with Gasteiger partial charge in [0.05, 0.1) is 6.10 Å². The van der Waals surface area contributed by atoms with Crippen LogP contribution in [-0.2, 0) is 0 Å². The van der Waals surface area contributed by atoms with Crippen molar-refractivity contribution in [2.45, 2.75) is 19.1 Å². The Kier molecular flexibility index (Phi) is 3.85. The summed E-state index contributed by atoms with van der Waals surface area (Å²) in [4.78, 5) is 0. The number of para-hydroxylation sites is 2. The van der Waals surface area contributed by atoms with Gasteiger partial charge in [-0.15, -0.1) is 0 Å². The molecule has 0 spiro atoms. The van der Waals surface area contributed by atoms with Crippen molar-refractivity contribution in [3.63, 3.8) is 0 Å². The molecule has 2 atom stereocenters. The van der Waals surface area contributed by atoms with Gasteiger partial charge in [-0.05, 0) is 24.6 Å². The van der Waals surface area contributed by atoms with Crippen molar-refractivity contribution in [2.75, 3.05) is 0 Å². The predicted molar refractivity (Wildman–Crippen MR) is 69.6 cm³/mol. The minimum absolute atomic E-state index is 0.0686. The molecule has 2 rings (SSSR count). The zero-order chi connectivity index (χ0) is 13.0. The molecule has 3 nitrogen and oxygen atoms in total. The Balaban J connectivity index is 2.26. The summed E-state index contributed by atoms with van der Waals surface area (Å²) in [7, 11) is 0. The Morgan fingerprint density at radius 2 is 1.56 bits per heavy atom. The van der Waals surface area contributed by atoms with E-state index in [2.05, 4.69) is 0 Å². The Bertz CT molecular complexity index is 494. The molecule has 18 heavy (non-hydrogen) atoms. The lowest BCUT2D eigenvalue weighted by Gasteiger charge is -2.22. The highest BCUT2D eigenvalue weighted by Crippen LogP contribution is 2.31. The zero-order valence-electron chi connectivity index (χ0n) is 10.2. The second-order valence-electron chi connectivity index (χ2n) is 4.16. The molecule has 0 aromatic heterocycles. The molecule has 0 aliphatic heterocycles. The Morgan fingerprint density at radius 3 is 2.17 bits per heavy atom. The number of aliphatic hydroxyl groups is 1. The maximum atomic E-state index is 9.81. The normalized spacial score (nSPS) is 13.9. The Morgan fingerprint density at radius 1 is 0.944 bits per heavy atom. The van der Waals surface area contributed by atoms with Crippen LogP contribution in [0.15, 0.2) is 54.6 Å². The number of rotatable bonds is 4. The Hall–Kier alpha value is -2.00. The number of benzene rings is 2. The van der Waals surface area contributed by atoms with E-state index < -0.39 is 12.2 Å². The van der Waals surface area contributed by atoms with Crippen LogP contribution in [0.1, 0.15) is 18.6 Å². The van der Waals surface area contributed by atoms with Gasteiger partial charge in [-0.3, -0.25) is 0 Å². The lowest BCUT2D eigenvalue weighted by Crippen LogP contribution is -2.20. The topological polar surface area (TPSA) is 49.7 Å². The van der Waals surface area contributed by atoms with E-state index in [1.54, 1.807) is 31.2 Å². The van der Waals surface area contributed by atoms with E-state index in [1.807, 2.05) is 30.3 Å². The van der Waals surface area contributed by atoms with Gasteiger partial charge in [-0.25, -0.2) is 0 Å². The summed E-state index contributed by atoms with van der Waals surface area (Å²) in [5.41, 5.74) is 0.871. The summed E-state index contributed by atoms with van der Waals surface area (Å²) in [6.07, 6.45) is -1.17. The van der Waals surface area contributed by atoms with Gasteiger partial charge in [0.25, 0.3) is 0 Å². The summed E-state index contributed by atoms with van der Waals surface area (Å²) in [5, 5.41) is 19.5. The fourth-order valence-electron chi connectivity index (χ4n) is 1.78. The highest BCUT2D eigenvalue weighted by molar-refractivity contribution is 5.38. The van der Waals surface area contributed by atoms with E-state index >= 15 is 0 Å². The number of phenolic OH excluding ortho intramolecular Hbond substituents is 1. The van der Waals surface area contributed by atoms with E-state index in [-0.39, 0.29) is 5.75 Å². The molecule has 0 amide bonds. The molecule has 0 aliphatic rings. The van der Waals surface area contributed by atoms with Gasteiger partial charge in [-0.2, -0.15) is 0 Å². The van der Waals surface area contributed by atoms with Gasteiger partial charge in [0.15, 0.2) is 11.5 Å². The van der Waals surface area contributed by atoms with Crippen LogP contribution in [0.25, 0.3) is 0 Å². The average Bonchev–Trinajstić information content (AvgIpc) is 2.38. The number of hydrogen-bond donors (Lipinski definition) is 2. The van der Waals surface area contributed by atoms with Crippen LogP contribution in [0, 0.1) is 0 Å². The van der Waals surface area contributed by atoms with Gasteiger partial charge in [0, 0.05) is 0 Å². The third-order valence-corrected chi connectivity index (χ3v) is 2.69. The molecule has 0 bridgehead atoms. The highest BCUT2D eigenvalue weighted by Gasteiger charge is 2.20. The van der Waals surface area contributed by atoms with Gasteiger partial charge >= 0.3 is 0 Å². The first kappa shape index (κ1) is 12.5. The molecular weight excluding hydrogens is 228 g/mol. The molecule has 0 saturated carbocycles. The molecule has 0 fully saturated rings. The second-order valence-corrected chi connectivity index (χ2v) is 4.16. The zero-order valence-corrected chi connectivity index (χ0v) is 10.2. The first-order valence-corrected chi connectivity index (χ1v) is 5.86. The second kappa shape index (κ2) is 5.56. The number of aliphatic hydroxyl groups excluding tert-OH is 1. The molecule has 2 aromatic carbocycles. The van der Waals surface area contributed by atoms with Crippen LogP contribution in [0.4, 0.5) is 0 Å². The first-order chi connectivity index (χ1) is 8.68. The lowest BCUT2D eigenvalue weighted by molar-refractivity contribution is 0.0464. The standard InChI is InChI=1S/C15H16O3/c1-11(16)15(12-7-3-2-4-8-12)18-14-10-6-5-9-13(14)17/h2-11,15-17H,1H3. The number of hydrogen-bond acceptors (Lipinski definition) is 3. The van der Waals surface area contributed by atoms with Crippen LogP contribution < -0.4 is 4.74 Å². The van der Waals surface area contributed by atoms with Crippen molar-refractivity contribution in [1.82, 2.24) is 0 Å². The molecule has 2 unspecified atom stereocenters. The third kappa shape index (κ3) is 2.81. The molecule has 0 radical (unpaired) electrons. The van der Waals surface area contributed by atoms with E-state index in [0.29, 0.717) is 5.75 Å². The quantitative estimate of drug-likeness (QED) is 0.869. The van der Waals surface area contributed by atoms with Crippen molar-refractivity contribution in [1.29, 1.82) is 0 Å². The minimum Gasteiger partial charge on any atom is -0.504 e. The molecule has 0 heterocycles. The summed E-state index contributed by atoms with van der Waals surface area (Å²) >= 11 is 0. The van der Waals surface area contributed by atoms with Crippen LogP contribution >= 0.6 is 0 Å². The maximum absolute atomic E-state index is 9.81. The van der Waals surface area contributed by atoms with E-state index in [0.717, 1.165) is 5.56 Å². The number of ether oxygens (including phenoxy) is 1. The van der Waals surface area contributed by atoms with E-state index in [1.165, 1.54) is 0 Å². The maximum Gasteiger partial charge on any atom is 0.162 e. The first-order valence-electron chi connectivity index (χ1n) is 5.86. The van der Waals surface area contributed by atoms with Crippen LogP contribution in [-0.4, -0.2) is 16.3 Å². The lowest BCUT2D eigenvalue weighted by atomic mass is 10.1. The van der Waals surface area contributed by atoms with Crippen molar-refractivity contribution in [2.24, 2.45) is 0 Å². The summed E-state index contributed by atoms with van der Waals surface area (Å²) < 4.78 is 5.69. The van der Waals surface area contributed by atoms with Crippen molar-refractivity contribution < 1.29 is 14.9 Å². The van der Waals surface area contributed by atoms with Gasteiger partial charge in [-0.1, -0.05) is 42.5 Å². The van der Waals surface area contributed by atoms with Crippen LogP contribution in [0.2, 0.25) is 0 Å². The molecule has 0 saturated heterocycles. The smallest absolute Gasteiger partial charge is 0.162 e. The van der Waals surface area contributed by atoms with E-state index in [9.17, 15) is 10.2 Å². The van der Waals surface area contributed by atoms with Crippen molar-refractivity contribution in [3.05, 3.63) is 60.2 Å². The van der Waals surface area contributed by atoms with Gasteiger partial charge < -0.3 is 14.9 Å². The van der Waals surface area contributed by atoms with Crippen molar-refractivity contribution in [3.8, 4) is 11.5 Å². The highest BCUT2D eigenvalue weighted by atomic mass is 16.5. The molecule has 2 aromatic rings. The molecule has 0 aliphatic carbocycles. The minimum atomic E-state index is -0.674. The number of phenols is 1. The molecular formula is C15H16O3. The third-order valence-electron chi connectivity index (χ3n) is 2.69. The van der Waals surface area contributed by atoms with Gasteiger partial charge in [0.1, 0.15) is 6.10 Å². The fourth-order valence-corrected chi connectivity index (χ4v) is 1.78. The monoisotopic (exact) mass is 244 g/mol. The van der Waals surface area contributed by atoms with Crippen LogP contribution in [0.5, 0.6) is 11.5 Å². The summed E-state index contributed by atoms with van der Waals surface area (Å²) in [5.74, 6) is 0.436. The average molecular weight is 244 g/mol.